The molecule has 0 fully saturated rings. The van der Waals surface area contributed by atoms with Crippen LogP contribution in [0.15, 0.2) is 170 Å². The maximum absolute atomic E-state index is 9.92. The number of fused-ring (bicyclic) bond motifs is 3. The minimum Gasteiger partial charge on any atom is -0.0622 e. The normalized spacial score (nSPS) is 13.7. The first-order valence-corrected chi connectivity index (χ1v) is 14.0. The van der Waals surface area contributed by atoms with E-state index >= 15 is 0 Å². The molecule has 8 rings (SSSR count). The largest absolute Gasteiger partial charge is 0.0636 e. The molecule has 0 N–H and O–H groups in total. The molecule has 8 aromatic rings. The van der Waals surface area contributed by atoms with Crippen LogP contribution in [0.4, 0.5) is 0 Å². The van der Waals surface area contributed by atoms with Crippen LogP contribution in [0.5, 0.6) is 0 Å². The Hall–Kier alpha value is -5.46. The van der Waals surface area contributed by atoms with Gasteiger partial charge in [-0.05, 0) is 88.9 Å². The fraction of sp³-hybridized carbons (Fsp3) is 0. The molecular weight excluding hydrogens is 504 g/mol. The SMILES string of the molecule is [2H]c1c([2H])c([2H])c2c(-c3ccccc3)c3c([2H])c(-c4cccc5ccccc45)c([2H])c([2H])c3c(-c3cccc(-c4ccccc4)c3)c2c1[2H]. The van der Waals surface area contributed by atoms with Gasteiger partial charge >= 0.3 is 0 Å². The van der Waals surface area contributed by atoms with Gasteiger partial charge < -0.3 is 0 Å². The monoisotopic (exact) mass is 539 g/mol. The van der Waals surface area contributed by atoms with E-state index in [1.165, 1.54) is 0 Å². The van der Waals surface area contributed by atoms with Crippen molar-refractivity contribution in [1.29, 1.82) is 0 Å². The Bertz CT molecular complexity index is 2610. The lowest BCUT2D eigenvalue weighted by Gasteiger charge is -2.19. The van der Waals surface area contributed by atoms with Crippen molar-refractivity contribution in [3.63, 3.8) is 0 Å². The van der Waals surface area contributed by atoms with Crippen molar-refractivity contribution in [2.24, 2.45) is 0 Å². The number of hydrogen-bond acceptors (Lipinski definition) is 0. The van der Waals surface area contributed by atoms with E-state index in [2.05, 4.69) is 0 Å². The van der Waals surface area contributed by atoms with Crippen LogP contribution in [0.1, 0.15) is 9.60 Å². The van der Waals surface area contributed by atoms with Crippen molar-refractivity contribution in [3.8, 4) is 44.5 Å². The molecule has 0 unspecified atom stereocenters. The van der Waals surface area contributed by atoms with Crippen LogP contribution < -0.4 is 0 Å². The average Bonchev–Trinajstić information content (AvgIpc) is 3.15. The highest BCUT2D eigenvalue weighted by Gasteiger charge is 2.18. The van der Waals surface area contributed by atoms with Crippen LogP contribution in [-0.4, -0.2) is 0 Å². The lowest BCUT2D eigenvalue weighted by Crippen LogP contribution is -1.92. The van der Waals surface area contributed by atoms with Gasteiger partial charge in [0.15, 0.2) is 0 Å². The van der Waals surface area contributed by atoms with Crippen LogP contribution in [0.2, 0.25) is 0 Å². The first-order chi connectivity index (χ1) is 23.8. The molecule has 0 amide bonds. The smallest absolute Gasteiger partial charge is 0.0622 e. The summed E-state index contributed by atoms with van der Waals surface area (Å²) in [6.45, 7) is 0. The van der Waals surface area contributed by atoms with Crippen LogP contribution in [-0.2, 0) is 0 Å². The highest BCUT2D eigenvalue weighted by atomic mass is 14.2. The standard InChI is InChI=1S/C42H28/c1-3-13-29(14-4-1)32-19-11-20-34(27-32)42-38-23-10-9-22-37(38)41(31-16-5-2-6-17-31)40-28-33(25-26-39(40)42)36-24-12-18-30-15-7-8-21-35(30)36/h1-28H/i9D,10D,22D,23D,25D,26D,28D. The van der Waals surface area contributed by atoms with E-state index in [9.17, 15) is 6.85 Å². The van der Waals surface area contributed by atoms with E-state index < -0.39 is 0 Å². The zero-order chi connectivity index (χ0) is 34.0. The van der Waals surface area contributed by atoms with E-state index in [4.69, 9.17) is 2.74 Å². The first-order valence-electron chi connectivity index (χ1n) is 17.5. The molecule has 196 valence electrons. The lowest BCUT2D eigenvalue weighted by molar-refractivity contribution is 1.61. The Labute approximate surface area is 256 Å². The van der Waals surface area contributed by atoms with Crippen molar-refractivity contribution in [3.05, 3.63) is 170 Å². The van der Waals surface area contributed by atoms with Gasteiger partial charge in [0, 0.05) is 0 Å². The molecular formula is C42H28. The zero-order valence-electron chi connectivity index (χ0n) is 29.6. The van der Waals surface area contributed by atoms with Crippen molar-refractivity contribution >= 4 is 32.3 Å². The molecule has 0 bridgehead atoms. The summed E-state index contributed by atoms with van der Waals surface area (Å²) in [6, 6.07) is 39.0. The van der Waals surface area contributed by atoms with Crippen LogP contribution in [0.25, 0.3) is 76.8 Å². The Kier molecular flexibility index (Phi) is 4.38. The van der Waals surface area contributed by atoms with E-state index in [0.29, 0.717) is 44.2 Å². The van der Waals surface area contributed by atoms with Crippen molar-refractivity contribution < 1.29 is 9.60 Å². The summed E-state index contributed by atoms with van der Waals surface area (Å²) in [7, 11) is 0. The molecule has 0 heteroatoms. The van der Waals surface area contributed by atoms with Crippen LogP contribution >= 0.6 is 0 Å². The van der Waals surface area contributed by atoms with Crippen LogP contribution in [0.3, 0.4) is 0 Å². The van der Waals surface area contributed by atoms with Gasteiger partial charge in [-0.2, -0.15) is 0 Å². The maximum atomic E-state index is 9.92. The molecule has 8 aromatic carbocycles. The molecule has 0 saturated carbocycles. The topological polar surface area (TPSA) is 0 Å². The van der Waals surface area contributed by atoms with Crippen molar-refractivity contribution in [1.82, 2.24) is 0 Å². The van der Waals surface area contributed by atoms with Gasteiger partial charge in [0.05, 0.1) is 9.60 Å². The third kappa shape index (κ3) is 4.08. The molecule has 0 aliphatic rings. The van der Waals surface area contributed by atoms with E-state index in [1.807, 2.05) is 127 Å². The number of benzene rings is 8. The molecule has 0 aliphatic carbocycles. The number of hydrogen-bond donors (Lipinski definition) is 0. The van der Waals surface area contributed by atoms with Gasteiger partial charge in [-0.3, -0.25) is 0 Å². The fourth-order valence-electron chi connectivity index (χ4n) is 5.96. The van der Waals surface area contributed by atoms with Gasteiger partial charge in [-0.1, -0.05) is 158 Å². The summed E-state index contributed by atoms with van der Waals surface area (Å²) < 4.78 is 65.1. The first kappa shape index (κ1) is 18.1. The molecule has 0 aliphatic heterocycles. The van der Waals surface area contributed by atoms with Crippen molar-refractivity contribution in [2.75, 3.05) is 0 Å². The minimum absolute atomic E-state index is 0.0287. The summed E-state index contributed by atoms with van der Waals surface area (Å²) >= 11 is 0. The highest BCUT2D eigenvalue weighted by Crippen LogP contribution is 2.45. The van der Waals surface area contributed by atoms with E-state index in [1.54, 1.807) is 0 Å². The van der Waals surface area contributed by atoms with Gasteiger partial charge in [0.25, 0.3) is 0 Å². The van der Waals surface area contributed by atoms with Gasteiger partial charge in [0.2, 0.25) is 0 Å². The Morgan fingerprint density at radius 3 is 1.71 bits per heavy atom. The zero-order valence-corrected chi connectivity index (χ0v) is 22.6. The quantitative estimate of drug-likeness (QED) is 0.195. The average molecular weight is 540 g/mol. The summed E-state index contributed by atoms with van der Waals surface area (Å²) in [4.78, 5) is 0. The second kappa shape index (κ2) is 10.2. The Morgan fingerprint density at radius 1 is 0.357 bits per heavy atom. The molecule has 0 aromatic heterocycles. The van der Waals surface area contributed by atoms with E-state index in [-0.39, 0.29) is 53.1 Å². The predicted octanol–water partition coefficient (Wildman–Crippen LogP) is 11.8. The third-order valence-electron chi connectivity index (χ3n) is 7.88. The van der Waals surface area contributed by atoms with Gasteiger partial charge in [-0.15, -0.1) is 0 Å². The fourth-order valence-corrected chi connectivity index (χ4v) is 5.96. The van der Waals surface area contributed by atoms with Crippen molar-refractivity contribution in [2.45, 2.75) is 0 Å². The highest BCUT2D eigenvalue weighted by molar-refractivity contribution is 6.22. The molecule has 0 radical (unpaired) electrons. The van der Waals surface area contributed by atoms with Gasteiger partial charge in [-0.25, -0.2) is 0 Å². The summed E-state index contributed by atoms with van der Waals surface area (Å²) in [6.07, 6.45) is 0. The predicted molar refractivity (Wildman–Crippen MR) is 181 cm³/mol. The Balaban J connectivity index is 1.65. The van der Waals surface area contributed by atoms with Crippen LogP contribution in [0, 0.1) is 0 Å². The minimum atomic E-state index is -0.382. The molecule has 0 saturated heterocycles. The molecule has 0 nitrogen and oxygen atoms in total. The molecule has 42 heavy (non-hydrogen) atoms. The molecule has 0 atom stereocenters. The second-order valence-corrected chi connectivity index (χ2v) is 10.3. The second-order valence-electron chi connectivity index (χ2n) is 10.3. The van der Waals surface area contributed by atoms with E-state index in [0.717, 1.165) is 21.9 Å². The summed E-state index contributed by atoms with van der Waals surface area (Å²) in [5.41, 5.74) is 4.95. The number of rotatable bonds is 4. The molecule has 0 heterocycles. The summed E-state index contributed by atoms with van der Waals surface area (Å²) in [5.74, 6) is 0. The Morgan fingerprint density at radius 2 is 0.929 bits per heavy atom. The lowest BCUT2D eigenvalue weighted by atomic mass is 9.84. The third-order valence-corrected chi connectivity index (χ3v) is 7.88. The maximum Gasteiger partial charge on any atom is 0.0636 e. The molecule has 0 spiro atoms. The summed E-state index contributed by atoms with van der Waals surface area (Å²) in [5, 5.41) is 3.01. The van der Waals surface area contributed by atoms with Gasteiger partial charge in [0.1, 0.15) is 0 Å².